The van der Waals surface area contributed by atoms with Crippen molar-refractivity contribution in [3.63, 3.8) is 0 Å². The molecule has 2 N–H and O–H groups in total. The summed E-state index contributed by atoms with van der Waals surface area (Å²) in [6.45, 7) is 7.36. The first-order valence-corrected chi connectivity index (χ1v) is 8.40. The van der Waals surface area contributed by atoms with E-state index >= 15 is 0 Å². The number of hydrogen-bond donors (Lipinski definition) is 2. The van der Waals surface area contributed by atoms with Crippen molar-refractivity contribution in [1.29, 1.82) is 0 Å². The van der Waals surface area contributed by atoms with Crippen LogP contribution in [0.2, 0.25) is 0 Å². The van der Waals surface area contributed by atoms with Crippen molar-refractivity contribution in [1.82, 2.24) is 25.4 Å². The van der Waals surface area contributed by atoms with Gasteiger partial charge in [-0.05, 0) is 46.0 Å². The molecule has 7 heteroatoms. The van der Waals surface area contributed by atoms with E-state index in [2.05, 4.69) is 45.7 Å². The Kier molecular flexibility index (Phi) is 9.89. The Morgan fingerprint density at radius 3 is 2.87 bits per heavy atom. The average Bonchev–Trinajstić information content (AvgIpc) is 3.01. The number of aromatic nitrogens is 3. The summed E-state index contributed by atoms with van der Waals surface area (Å²) in [5, 5.41) is 14.7. The Hall–Kier alpha value is -1.12. The molecule has 2 rings (SSSR count). The van der Waals surface area contributed by atoms with E-state index in [1.807, 2.05) is 4.57 Å². The molecule has 0 spiro atoms. The first-order chi connectivity index (χ1) is 10.8. The van der Waals surface area contributed by atoms with Crippen LogP contribution in [-0.2, 0) is 13.1 Å². The molecule has 1 aliphatic rings. The molecule has 1 heterocycles. The minimum Gasteiger partial charge on any atom is -0.357 e. The van der Waals surface area contributed by atoms with E-state index in [1.54, 1.807) is 11.9 Å². The minimum atomic E-state index is 0. The summed E-state index contributed by atoms with van der Waals surface area (Å²) in [5.41, 5.74) is 1.58. The van der Waals surface area contributed by atoms with E-state index in [0.29, 0.717) is 6.54 Å². The number of guanidine groups is 1. The molecule has 0 saturated carbocycles. The van der Waals surface area contributed by atoms with Crippen molar-refractivity contribution >= 4 is 29.9 Å². The van der Waals surface area contributed by atoms with E-state index in [0.717, 1.165) is 37.8 Å². The lowest BCUT2D eigenvalue weighted by Gasteiger charge is -2.15. The van der Waals surface area contributed by atoms with Gasteiger partial charge in [0.05, 0.1) is 0 Å². The van der Waals surface area contributed by atoms with Gasteiger partial charge in [-0.2, -0.15) is 0 Å². The third-order valence-corrected chi connectivity index (χ3v) is 3.88. The van der Waals surface area contributed by atoms with Gasteiger partial charge in [0.2, 0.25) is 0 Å². The van der Waals surface area contributed by atoms with Crippen LogP contribution < -0.4 is 10.6 Å². The Morgan fingerprint density at radius 1 is 1.30 bits per heavy atom. The van der Waals surface area contributed by atoms with E-state index < -0.39 is 0 Å². The summed E-state index contributed by atoms with van der Waals surface area (Å²) in [6, 6.07) is 0. The summed E-state index contributed by atoms with van der Waals surface area (Å²) < 4.78 is 2.01. The summed E-state index contributed by atoms with van der Waals surface area (Å²) in [7, 11) is 0. The highest BCUT2D eigenvalue weighted by Gasteiger charge is 2.05. The second-order valence-corrected chi connectivity index (χ2v) is 5.51. The Balaban J connectivity index is 0.00000264. The van der Waals surface area contributed by atoms with Crippen LogP contribution in [0.25, 0.3) is 0 Å². The lowest BCUT2D eigenvalue weighted by Crippen LogP contribution is -2.38. The first-order valence-electron chi connectivity index (χ1n) is 8.40. The number of aryl methyl sites for hydroxylation is 1. The summed E-state index contributed by atoms with van der Waals surface area (Å²) >= 11 is 0. The smallest absolute Gasteiger partial charge is 0.191 e. The van der Waals surface area contributed by atoms with Crippen LogP contribution >= 0.6 is 24.0 Å². The van der Waals surface area contributed by atoms with Crippen molar-refractivity contribution in [2.45, 2.75) is 59.0 Å². The fraction of sp³-hybridized carbons (Fsp3) is 0.688. The van der Waals surface area contributed by atoms with Crippen LogP contribution in [0, 0.1) is 0 Å². The normalized spacial score (nSPS) is 14.9. The van der Waals surface area contributed by atoms with Crippen molar-refractivity contribution in [2.24, 2.45) is 4.99 Å². The largest absolute Gasteiger partial charge is 0.357 e. The van der Waals surface area contributed by atoms with Crippen LogP contribution in [0.1, 0.15) is 51.8 Å². The van der Waals surface area contributed by atoms with E-state index in [4.69, 9.17) is 0 Å². The van der Waals surface area contributed by atoms with E-state index in [1.165, 1.54) is 25.7 Å². The van der Waals surface area contributed by atoms with Crippen LogP contribution in [0.5, 0.6) is 0 Å². The fourth-order valence-corrected chi connectivity index (χ4v) is 2.63. The lowest BCUT2D eigenvalue weighted by molar-refractivity contribution is 0.663. The number of halogens is 1. The van der Waals surface area contributed by atoms with Crippen molar-refractivity contribution in [3.8, 4) is 0 Å². The second-order valence-electron chi connectivity index (χ2n) is 5.51. The van der Waals surface area contributed by atoms with E-state index in [-0.39, 0.29) is 24.0 Å². The topological polar surface area (TPSA) is 67.1 Å². The van der Waals surface area contributed by atoms with Gasteiger partial charge in [0.15, 0.2) is 11.8 Å². The molecule has 0 radical (unpaired) electrons. The molecule has 0 bridgehead atoms. The quantitative estimate of drug-likeness (QED) is 0.301. The molecule has 0 saturated heterocycles. The molecular formula is C16H29IN6. The number of rotatable bonds is 7. The minimum absolute atomic E-state index is 0. The maximum Gasteiger partial charge on any atom is 0.191 e. The SMILES string of the molecule is CCNC(=NCc1nncn1CC)NCCC1=CCCCC1.I. The molecule has 1 aromatic heterocycles. The van der Waals surface area contributed by atoms with Gasteiger partial charge in [-0.3, -0.25) is 0 Å². The maximum absolute atomic E-state index is 4.60. The monoisotopic (exact) mass is 432 g/mol. The predicted molar refractivity (Wildman–Crippen MR) is 105 cm³/mol. The molecule has 0 aliphatic heterocycles. The van der Waals surface area contributed by atoms with Crippen LogP contribution in [0.4, 0.5) is 0 Å². The molecule has 0 amide bonds. The second kappa shape index (κ2) is 11.4. The Bertz CT molecular complexity index is 508. The first kappa shape index (κ1) is 19.9. The summed E-state index contributed by atoms with van der Waals surface area (Å²) in [4.78, 5) is 4.60. The van der Waals surface area contributed by atoms with Crippen LogP contribution in [0.3, 0.4) is 0 Å². The molecule has 1 aromatic rings. The van der Waals surface area contributed by atoms with Gasteiger partial charge >= 0.3 is 0 Å². The van der Waals surface area contributed by atoms with Gasteiger partial charge in [0, 0.05) is 19.6 Å². The molecule has 23 heavy (non-hydrogen) atoms. The summed E-state index contributed by atoms with van der Waals surface area (Å²) in [5.74, 6) is 1.75. The van der Waals surface area contributed by atoms with Gasteiger partial charge < -0.3 is 15.2 Å². The fourth-order valence-electron chi connectivity index (χ4n) is 2.63. The zero-order valence-electron chi connectivity index (χ0n) is 14.2. The predicted octanol–water partition coefficient (Wildman–Crippen LogP) is 2.86. The third kappa shape index (κ3) is 6.88. The number of nitrogens with one attached hydrogen (secondary N) is 2. The molecule has 0 atom stereocenters. The lowest BCUT2D eigenvalue weighted by atomic mass is 9.97. The zero-order chi connectivity index (χ0) is 15.6. The molecule has 0 aromatic carbocycles. The van der Waals surface area contributed by atoms with Crippen molar-refractivity contribution < 1.29 is 0 Å². The zero-order valence-corrected chi connectivity index (χ0v) is 16.5. The highest BCUT2D eigenvalue weighted by molar-refractivity contribution is 14.0. The van der Waals surface area contributed by atoms with Crippen molar-refractivity contribution in [2.75, 3.05) is 13.1 Å². The van der Waals surface area contributed by atoms with E-state index in [9.17, 15) is 0 Å². The highest BCUT2D eigenvalue weighted by atomic mass is 127. The molecule has 0 fully saturated rings. The standard InChI is InChI=1S/C16H28N6.HI/c1-3-17-16(18-11-10-14-8-6-5-7-9-14)19-12-15-21-20-13-22(15)4-2;/h8,13H,3-7,9-12H2,1-2H3,(H2,17,18,19);1H. The van der Waals surface area contributed by atoms with Crippen LogP contribution in [-0.4, -0.2) is 33.8 Å². The van der Waals surface area contributed by atoms with Crippen LogP contribution in [0.15, 0.2) is 23.0 Å². The molecule has 1 aliphatic carbocycles. The number of allylic oxidation sites excluding steroid dienone is 1. The average molecular weight is 432 g/mol. The maximum atomic E-state index is 4.60. The molecule has 0 unspecified atom stereocenters. The van der Waals surface area contributed by atoms with Crippen molar-refractivity contribution in [3.05, 3.63) is 23.8 Å². The van der Waals surface area contributed by atoms with Gasteiger partial charge in [-0.1, -0.05) is 11.6 Å². The molecule has 6 nitrogen and oxygen atoms in total. The van der Waals surface area contributed by atoms with Gasteiger partial charge in [-0.25, -0.2) is 4.99 Å². The van der Waals surface area contributed by atoms with Gasteiger partial charge in [0.1, 0.15) is 12.9 Å². The Labute approximate surface area is 156 Å². The van der Waals surface area contributed by atoms with Gasteiger partial charge in [-0.15, -0.1) is 34.2 Å². The third-order valence-electron chi connectivity index (χ3n) is 3.88. The number of nitrogens with zero attached hydrogens (tertiary/aromatic N) is 4. The molecule has 130 valence electrons. The number of hydrogen-bond acceptors (Lipinski definition) is 3. The highest BCUT2D eigenvalue weighted by Crippen LogP contribution is 2.19. The summed E-state index contributed by atoms with van der Waals surface area (Å²) in [6.07, 6.45) is 10.5. The Morgan fingerprint density at radius 2 is 2.17 bits per heavy atom. The number of aliphatic imine (C=N–C) groups is 1. The molecular weight excluding hydrogens is 403 g/mol. The van der Waals surface area contributed by atoms with Gasteiger partial charge in [0.25, 0.3) is 0 Å².